The minimum absolute atomic E-state index is 0.0121. The second-order valence-electron chi connectivity index (χ2n) is 3.96. The molecule has 6 heteroatoms. The number of aromatic nitrogens is 2. The Morgan fingerprint density at radius 1 is 1.53 bits per heavy atom. The molecule has 0 aliphatic carbocycles. The van der Waals surface area contributed by atoms with E-state index in [1.807, 2.05) is 13.8 Å². The van der Waals surface area contributed by atoms with Crippen LogP contribution in [0.15, 0.2) is 12.4 Å². The molecule has 0 radical (unpaired) electrons. The third-order valence-corrected chi connectivity index (χ3v) is 2.36. The van der Waals surface area contributed by atoms with E-state index >= 15 is 0 Å². The first-order valence-electron chi connectivity index (χ1n) is 5.36. The van der Waals surface area contributed by atoms with E-state index in [4.69, 9.17) is 0 Å². The van der Waals surface area contributed by atoms with Gasteiger partial charge in [0.1, 0.15) is 5.82 Å². The van der Waals surface area contributed by atoms with Gasteiger partial charge in [-0.05, 0) is 5.92 Å². The van der Waals surface area contributed by atoms with Crippen LogP contribution < -0.4 is 5.32 Å². The van der Waals surface area contributed by atoms with Crippen molar-refractivity contribution in [3.63, 3.8) is 0 Å². The van der Waals surface area contributed by atoms with Gasteiger partial charge in [0.05, 0.1) is 32.2 Å². The predicted molar refractivity (Wildman–Crippen MR) is 62.7 cm³/mol. The van der Waals surface area contributed by atoms with Crippen molar-refractivity contribution in [2.75, 3.05) is 19.0 Å². The molecule has 0 bridgehead atoms. The summed E-state index contributed by atoms with van der Waals surface area (Å²) in [5.41, 5.74) is 0.137. The fourth-order valence-electron chi connectivity index (χ4n) is 1.25. The zero-order chi connectivity index (χ0) is 12.8. The number of aliphatic hydroxyl groups is 1. The summed E-state index contributed by atoms with van der Waals surface area (Å²) in [6.07, 6.45) is 2.83. The molecule has 2 N–H and O–H groups in total. The van der Waals surface area contributed by atoms with Crippen molar-refractivity contribution in [2.24, 2.45) is 5.92 Å². The molecule has 0 aliphatic rings. The van der Waals surface area contributed by atoms with E-state index in [1.54, 1.807) is 0 Å². The summed E-state index contributed by atoms with van der Waals surface area (Å²) in [5, 5.41) is 12.2. The number of methoxy groups -OCH3 is 1. The first kappa shape index (κ1) is 13.4. The Hall–Kier alpha value is -1.69. The van der Waals surface area contributed by atoms with Crippen LogP contribution in [-0.2, 0) is 4.74 Å². The number of carbonyl (C=O) groups excluding carboxylic acids is 1. The Labute approximate surface area is 100 Å². The lowest BCUT2D eigenvalue weighted by molar-refractivity contribution is 0.0593. The first-order valence-corrected chi connectivity index (χ1v) is 5.36. The quantitative estimate of drug-likeness (QED) is 0.735. The number of nitrogens with zero attached hydrogens (tertiary/aromatic N) is 2. The Bertz CT molecular complexity index is 382. The van der Waals surface area contributed by atoms with Gasteiger partial charge < -0.3 is 15.2 Å². The monoisotopic (exact) mass is 239 g/mol. The highest BCUT2D eigenvalue weighted by Crippen LogP contribution is 2.10. The van der Waals surface area contributed by atoms with E-state index in [0.29, 0.717) is 5.82 Å². The van der Waals surface area contributed by atoms with Crippen LogP contribution in [0.4, 0.5) is 5.82 Å². The molecule has 1 aromatic rings. The number of aliphatic hydroxyl groups excluding tert-OH is 1. The van der Waals surface area contributed by atoms with Gasteiger partial charge in [-0.15, -0.1) is 0 Å². The smallest absolute Gasteiger partial charge is 0.358 e. The summed E-state index contributed by atoms with van der Waals surface area (Å²) >= 11 is 0. The first-order chi connectivity index (χ1) is 8.08. The maximum Gasteiger partial charge on any atom is 0.358 e. The molecule has 17 heavy (non-hydrogen) atoms. The minimum Gasteiger partial charge on any atom is -0.464 e. The van der Waals surface area contributed by atoms with Gasteiger partial charge in [-0.1, -0.05) is 13.8 Å². The van der Waals surface area contributed by atoms with Crippen LogP contribution in [0.3, 0.4) is 0 Å². The number of esters is 1. The van der Waals surface area contributed by atoms with Crippen molar-refractivity contribution in [2.45, 2.75) is 19.9 Å². The van der Waals surface area contributed by atoms with E-state index < -0.39 is 5.97 Å². The SMILES string of the molecule is COC(=O)c1cncc(N[C@H](CO)C(C)C)n1. The van der Waals surface area contributed by atoms with Gasteiger partial charge in [0, 0.05) is 0 Å². The molecule has 1 aromatic heterocycles. The fourth-order valence-corrected chi connectivity index (χ4v) is 1.25. The molecule has 0 amide bonds. The average Bonchev–Trinajstić information content (AvgIpc) is 2.34. The maximum atomic E-state index is 11.3. The number of carbonyl (C=O) groups is 1. The van der Waals surface area contributed by atoms with Gasteiger partial charge in [-0.3, -0.25) is 4.98 Å². The topological polar surface area (TPSA) is 84.3 Å². The van der Waals surface area contributed by atoms with E-state index in [1.165, 1.54) is 19.5 Å². The molecule has 1 atom stereocenters. The molecule has 94 valence electrons. The Balaban J connectivity index is 2.81. The average molecular weight is 239 g/mol. The third kappa shape index (κ3) is 3.67. The molecule has 0 unspecified atom stereocenters. The van der Waals surface area contributed by atoms with Gasteiger partial charge in [0.25, 0.3) is 0 Å². The van der Waals surface area contributed by atoms with E-state index in [-0.39, 0.29) is 24.3 Å². The van der Waals surface area contributed by atoms with E-state index in [0.717, 1.165) is 0 Å². The molecular weight excluding hydrogens is 222 g/mol. The molecule has 0 fully saturated rings. The van der Waals surface area contributed by atoms with Crippen molar-refractivity contribution in [1.82, 2.24) is 9.97 Å². The summed E-state index contributed by atoms with van der Waals surface area (Å²) in [6.45, 7) is 3.94. The van der Waals surface area contributed by atoms with Gasteiger partial charge in [0.2, 0.25) is 0 Å². The highest BCUT2D eigenvalue weighted by Gasteiger charge is 2.14. The standard InChI is InChI=1S/C11H17N3O3/c1-7(2)9(6-15)14-10-5-12-4-8(13-10)11(16)17-3/h4-5,7,9,15H,6H2,1-3H3,(H,13,14)/t9-/m1/s1. The highest BCUT2D eigenvalue weighted by molar-refractivity contribution is 5.87. The van der Waals surface area contributed by atoms with Gasteiger partial charge >= 0.3 is 5.97 Å². The van der Waals surface area contributed by atoms with Crippen LogP contribution in [0.25, 0.3) is 0 Å². The van der Waals surface area contributed by atoms with Crippen LogP contribution in [0, 0.1) is 5.92 Å². The Morgan fingerprint density at radius 2 is 2.24 bits per heavy atom. The van der Waals surface area contributed by atoms with Crippen molar-refractivity contribution < 1.29 is 14.6 Å². The van der Waals surface area contributed by atoms with Crippen LogP contribution in [0.1, 0.15) is 24.3 Å². The highest BCUT2D eigenvalue weighted by atomic mass is 16.5. The lowest BCUT2D eigenvalue weighted by atomic mass is 10.1. The predicted octanol–water partition coefficient (Wildman–Crippen LogP) is 0.692. The summed E-state index contributed by atoms with van der Waals surface area (Å²) in [5.74, 6) is 0.149. The summed E-state index contributed by atoms with van der Waals surface area (Å²) in [4.78, 5) is 19.2. The minimum atomic E-state index is -0.536. The summed E-state index contributed by atoms with van der Waals surface area (Å²) in [6, 6.07) is -0.128. The van der Waals surface area contributed by atoms with Crippen molar-refractivity contribution in [3.8, 4) is 0 Å². The van der Waals surface area contributed by atoms with E-state index in [2.05, 4.69) is 20.0 Å². The van der Waals surface area contributed by atoms with Gasteiger partial charge in [-0.25, -0.2) is 9.78 Å². The molecule has 0 aliphatic heterocycles. The van der Waals surface area contributed by atoms with E-state index in [9.17, 15) is 9.90 Å². The Kier molecular flexibility index (Phi) is 4.84. The summed E-state index contributed by atoms with van der Waals surface area (Å²) in [7, 11) is 1.29. The fraction of sp³-hybridized carbons (Fsp3) is 0.545. The summed E-state index contributed by atoms with van der Waals surface area (Å²) < 4.78 is 4.55. The number of hydrogen-bond acceptors (Lipinski definition) is 6. The molecule has 0 saturated carbocycles. The van der Waals surface area contributed by atoms with Gasteiger partial charge in [-0.2, -0.15) is 0 Å². The number of ether oxygens (including phenoxy) is 1. The Morgan fingerprint density at radius 3 is 2.76 bits per heavy atom. The lowest BCUT2D eigenvalue weighted by Gasteiger charge is -2.20. The second kappa shape index (κ2) is 6.15. The molecule has 0 aromatic carbocycles. The molecular formula is C11H17N3O3. The van der Waals surface area contributed by atoms with Crippen molar-refractivity contribution >= 4 is 11.8 Å². The molecule has 6 nitrogen and oxygen atoms in total. The zero-order valence-electron chi connectivity index (χ0n) is 10.2. The molecule has 1 rings (SSSR count). The largest absolute Gasteiger partial charge is 0.464 e. The van der Waals surface area contributed by atoms with Crippen LogP contribution >= 0.6 is 0 Å². The number of nitrogens with one attached hydrogen (secondary N) is 1. The van der Waals surface area contributed by atoms with Crippen molar-refractivity contribution in [1.29, 1.82) is 0 Å². The number of hydrogen-bond donors (Lipinski definition) is 2. The van der Waals surface area contributed by atoms with Crippen LogP contribution in [-0.4, -0.2) is 40.8 Å². The molecule has 0 saturated heterocycles. The number of anilines is 1. The van der Waals surface area contributed by atoms with Crippen LogP contribution in [0.5, 0.6) is 0 Å². The molecule has 1 heterocycles. The second-order valence-corrected chi connectivity index (χ2v) is 3.96. The normalized spacial score (nSPS) is 12.3. The van der Waals surface area contributed by atoms with Crippen LogP contribution in [0.2, 0.25) is 0 Å². The van der Waals surface area contributed by atoms with Gasteiger partial charge in [0.15, 0.2) is 5.69 Å². The molecule has 0 spiro atoms. The number of rotatable bonds is 5. The van der Waals surface area contributed by atoms with Crippen molar-refractivity contribution in [3.05, 3.63) is 18.1 Å². The zero-order valence-corrected chi connectivity index (χ0v) is 10.2. The maximum absolute atomic E-state index is 11.3. The lowest BCUT2D eigenvalue weighted by Crippen LogP contribution is -2.30. The third-order valence-electron chi connectivity index (χ3n) is 2.36.